The molecule has 0 spiro atoms. The van der Waals surface area contributed by atoms with E-state index >= 15 is 0 Å². The molecule has 0 unspecified atom stereocenters. The molecule has 0 fully saturated rings. The number of benzene rings is 2. The number of methoxy groups -OCH3 is 1. The Hall–Kier alpha value is -1.61. The number of ether oxygens (including phenoxy) is 3. The van der Waals surface area contributed by atoms with Gasteiger partial charge in [-0.3, -0.25) is 0 Å². The van der Waals surface area contributed by atoms with Crippen LogP contribution in [-0.4, -0.2) is 26.2 Å². The highest BCUT2D eigenvalue weighted by Gasteiger charge is 2.10. The molecule has 3 nitrogen and oxygen atoms in total. The number of hydrogen-bond donors (Lipinski definition) is 0. The molecule has 144 valence electrons. The molecule has 0 atom stereocenters. The molecule has 0 bridgehead atoms. The maximum atomic E-state index is 5.95. The van der Waals surface area contributed by atoms with Crippen molar-refractivity contribution in [3.8, 4) is 17.2 Å². The summed E-state index contributed by atoms with van der Waals surface area (Å²) >= 11 is 5.70. The summed E-state index contributed by atoms with van der Waals surface area (Å²) < 4.78 is 17.4. The zero-order valence-corrected chi connectivity index (χ0v) is 16.8. The van der Waals surface area contributed by atoms with Crippen LogP contribution < -0.4 is 14.2 Å². The van der Waals surface area contributed by atoms with Gasteiger partial charge >= 0.3 is 0 Å². The number of unbranched alkanes of at least 4 members (excludes halogenated alkanes) is 5. The smallest absolute Gasteiger partial charge is 0.168 e. The van der Waals surface area contributed by atoms with Crippen molar-refractivity contribution in [2.24, 2.45) is 0 Å². The maximum Gasteiger partial charge on any atom is 0.168 e. The van der Waals surface area contributed by atoms with Crippen LogP contribution in [-0.2, 0) is 0 Å². The topological polar surface area (TPSA) is 27.7 Å². The quantitative estimate of drug-likeness (QED) is 0.290. The van der Waals surface area contributed by atoms with Crippen LogP contribution in [0, 0.1) is 0 Å². The average Bonchev–Trinajstić information content (AvgIpc) is 2.67. The SMILES string of the molecule is CCCCCOc1ccc2c(OC)c(OCCCCCCCl)ccc2c1. The normalized spacial score (nSPS) is 10.9. The number of hydrogen-bond acceptors (Lipinski definition) is 3. The van der Waals surface area contributed by atoms with Gasteiger partial charge < -0.3 is 14.2 Å². The fourth-order valence-electron chi connectivity index (χ4n) is 2.95. The van der Waals surface area contributed by atoms with Gasteiger partial charge in [0.05, 0.1) is 20.3 Å². The molecule has 0 aliphatic heterocycles. The van der Waals surface area contributed by atoms with Gasteiger partial charge in [-0.25, -0.2) is 0 Å². The minimum absolute atomic E-state index is 0.697. The second-order valence-electron chi connectivity index (χ2n) is 6.49. The van der Waals surface area contributed by atoms with Crippen molar-refractivity contribution in [2.75, 3.05) is 26.2 Å². The second kappa shape index (κ2) is 11.9. The van der Waals surface area contributed by atoms with Gasteiger partial charge in [0.15, 0.2) is 11.5 Å². The van der Waals surface area contributed by atoms with Crippen LogP contribution in [0.5, 0.6) is 17.2 Å². The highest BCUT2D eigenvalue weighted by atomic mass is 35.5. The van der Waals surface area contributed by atoms with Gasteiger partial charge in [-0.2, -0.15) is 0 Å². The fraction of sp³-hybridized carbons (Fsp3) is 0.545. The summed E-state index contributed by atoms with van der Waals surface area (Å²) in [5.74, 6) is 3.24. The first kappa shape index (κ1) is 20.7. The van der Waals surface area contributed by atoms with E-state index in [-0.39, 0.29) is 0 Å². The molecule has 2 aromatic rings. The number of rotatable bonds is 13. The second-order valence-corrected chi connectivity index (χ2v) is 6.87. The number of halogens is 1. The molecule has 26 heavy (non-hydrogen) atoms. The van der Waals surface area contributed by atoms with Crippen molar-refractivity contribution in [2.45, 2.75) is 51.9 Å². The number of fused-ring (bicyclic) bond motifs is 1. The molecule has 2 aromatic carbocycles. The average molecular weight is 379 g/mol. The zero-order valence-electron chi connectivity index (χ0n) is 16.1. The monoisotopic (exact) mass is 378 g/mol. The van der Waals surface area contributed by atoms with Gasteiger partial charge in [-0.1, -0.05) is 38.7 Å². The molecule has 0 aliphatic carbocycles. The van der Waals surface area contributed by atoms with Crippen molar-refractivity contribution in [3.63, 3.8) is 0 Å². The van der Waals surface area contributed by atoms with Gasteiger partial charge in [-0.15, -0.1) is 11.6 Å². The Morgan fingerprint density at radius 1 is 0.846 bits per heavy atom. The standard InChI is InChI=1S/C22H31ClO3/c1-3-4-8-15-25-19-11-12-20-18(17-19)10-13-21(22(20)24-2)26-16-9-6-5-7-14-23/h10-13,17H,3-9,14-16H2,1-2H3. The van der Waals surface area contributed by atoms with E-state index in [4.69, 9.17) is 25.8 Å². The maximum absolute atomic E-state index is 5.95. The van der Waals surface area contributed by atoms with Crippen molar-refractivity contribution >= 4 is 22.4 Å². The van der Waals surface area contributed by atoms with E-state index in [2.05, 4.69) is 25.1 Å². The third-order valence-electron chi connectivity index (χ3n) is 4.41. The lowest BCUT2D eigenvalue weighted by Gasteiger charge is -2.14. The summed E-state index contributed by atoms with van der Waals surface area (Å²) in [5, 5.41) is 2.15. The molecule has 4 heteroatoms. The number of alkyl halides is 1. The predicted molar refractivity (Wildman–Crippen MR) is 110 cm³/mol. The van der Waals surface area contributed by atoms with E-state index in [1.54, 1.807) is 7.11 Å². The molecule has 2 rings (SSSR count). The third-order valence-corrected chi connectivity index (χ3v) is 4.68. The van der Waals surface area contributed by atoms with Gasteiger partial charge in [0.1, 0.15) is 5.75 Å². The van der Waals surface area contributed by atoms with Crippen molar-refractivity contribution < 1.29 is 14.2 Å². The van der Waals surface area contributed by atoms with Gasteiger partial charge in [0, 0.05) is 11.3 Å². The molecule has 0 N–H and O–H groups in total. The first-order valence-electron chi connectivity index (χ1n) is 9.72. The molecular weight excluding hydrogens is 348 g/mol. The largest absolute Gasteiger partial charge is 0.494 e. The summed E-state index contributed by atoms with van der Waals surface area (Å²) in [5.41, 5.74) is 0. The highest BCUT2D eigenvalue weighted by molar-refractivity contribution is 6.17. The Bertz CT molecular complexity index is 657. The van der Waals surface area contributed by atoms with Crippen molar-refractivity contribution in [3.05, 3.63) is 30.3 Å². The molecule has 0 amide bonds. The Morgan fingerprint density at radius 3 is 2.38 bits per heavy atom. The summed E-state index contributed by atoms with van der Waals surface area (Å²) in [7, 11) is 1.69. The van der Waals surface area contributed by atoms with Crippen LogP contribution in [0.25, 0.3) is 10.8 Å². The van der Waals surface area contributed by atoms with E-state index in [1.807, 2.05) is 12.1 Å². The Labute approximate surface area is 162 Å². The van der Waals surface area contributed by atoms with Crippen LogP contribution in [0.2, 0.25) is 0 Å². The van der Waals surface area contributed by atoms with Crippen LogP contribution in [0.15, 0.2) is 30.3 Å². The van der Waals surface area contributed by atoms with Gasteiger partial charge in [0.2, 0.25) is 0 Å². The van der Waals surface area contributed by atoms with Crippen molar-refractivity contribution in [1.29, 1.82) is 0 Å². The summed E-state index contributed by atoms with van der Waals surface area (Å²) in [6.45, 7) is 3.66. The molecule has 0 aliphatic rings. The highest BCUT2D eigenvalue weighted by Crippen LogP contribution is 2.37. The first-order chi connectivity index (χ1) is 12.8. The Kier molecular flexibility index (Phi) is 9.47. The van der Waals surface area contributed by atoms with Gasteiger partial charge in [-0.05, 0) is 48.9 Å². The molecule has 0 aromatic heterocycles. The van der Waals surface area contributed by atoms with Crippen LogP contribution in [0.3, 0.4) is 0 Å². The lowest BCUT2D eigenvalue weighted by atomic mass is 10.1. The Morgan fingerprint density at radius 2 is 1.62 bits per heavy atom. The lowest BCUT2D eigenvalue weighted by molar-refractivity contribution is 0.286. The van der Waals surface area contributed by atoms with Crippen LogP contribution in [0.1, 0.15) is 51.9 Å². The molecular formula is C22H31ClO3. The summed E-state index contributed by atoms with van der Waals surface area (Å²) in [6, 6.07) is 10.2. The summed E-state index contributed by atoms with van der Waals surface area (Å²) in [6.07, 6.45) is 7.90. The molecule has 0 heterocycles. The molecule has 0 saturated carbocycles. The molecule has 0 radical (unpaired) electrons. The lowest BCUT2D eigenvalue weighted by Crippen LogP contribution is -2.00. The van der Waals surface area contributed by atoms with Crippen LogP contribution in [0.4, 0.5) is 0 Å². The van der Waals surface area contributed by atoms with E-state index < -0.39 is 0 Å². The van der Waals surface area contributed by atoms with Crippen molar-refractivity contribution in [1.82, 2.24) is 0 Å². The Balaban J connectivity index is 1.99. The third kappa shape index (κ3) is 6.28. The van der Waals surface area contributed by atoms with E-state index in [0.29, 0.717) is 6.61 Å². The van der Waals surface area contributed by atoms with Crippen LogP contribution >= 0.6 is 11.6 Å². The minimum Gasteiger partial charge on any atom is -0.494 e. The summed E-state index contributed by atoms with van der Waals surface area (Å²) in [4.78, 5) is 0. The predicted octanol–water partition coefficient (Wildman–Crippen LogP) is 6.60. The fourth-order valence-corrected chi connectivity index (χ4v) is 3.14. The molecule has 0 saturated heterocycles. The zero-order chi connectivity index (χ0) is 18.6. The van der Waals surface area contributed by atoms with E-state index in [1.165, 1.54) is 12.8 Å². The van der Waals surface area contributed by atoms with E-state index in [9.17, 15) is 0 Å². The minimum atomic E-state index is 0.697. The van der Waals surface area contributed by atoms with E-state index in [0.717, 1.165) is 72.6 Å². The van der Waals surface area contributed by atoms with Gasteiger partial charge in [0.25, 0.3) is 0 Å². The first-order valence-corrected chi connectivity index (χ1v) is 10.3.